The smallest absolute Gasteiger partial charge is 0.252 e. The van der Waals surface area contributed by atoms with Gasteiger partial charge in [0.2, 0.25) is 0 Å². The lowest BCUT2D eigenvalue weighted by molar-refractivity contribution is 0.903. The fourth-order valence-electron chi connectivity index (χ4n) is 1.95. The van der Waals surface area contributed by atoms with Crippen molar-refractivity contribution >= 4 is 11.5 Å². The molecule has 0 amide bonds. The number of benzene rings is 1. The van der Waals surface area contributed by atoms with E-state index < -0.39 is 0 Å². The van der Waals surface area contributed by atoms with Gasteiger partial charge in [0.1, 0.15) is 11.6 Å². The highest BCUT2D eigenvalue weighted by molar-refractivity contribution is 5.41. The molecule has 0 aliphatic heterocycles. The van der Waals surface area contributed by atoms with Gasteiger partial charge in [0.25, 0.3) is 5.56 Å². The number of aromatic nitrogens is 2. The van der Waals surface area contributed by atoms with Crippen molar-refractivity contribution in [3.05, 3.63) is 52.1 Å². The molecule has 1 aliphatic rings. The number of nitrogens with one attached hydrogen (secondary N) is 2. The topological polar surface area (TPSA) is 83.8 Å². The third-order valence-electron chi connectivity index (χ3n) is 3.18. The van der Waals surface area contributed by atoms with Crippen LogP contribution < -0.4 is 16.6 Å². The first-order valence-corrected chi connectivity index (χ1v) is 6.40. The summed E-state index contributed by atoms with van der Waals surface area (Å²) in [5.41, 5.74) is 7.38. The van der Waals surface area contributed by atoms with Crippen LogP contribution >= 0.6 is 0 Å². The lowest BCUT2D eigenvalue weighted by Gasteiger charge is -2.07. The average Bonchev–Trinajstić information content (AvgIpc) is 3.22. The van der Waals surface area contributed by atoms with Crippen LogP contribution in [0, 0.1) is 0 Å². The quantitative estimate of drug-likeness (QED) is 0.729. The summed E-state index contributed by atoms with van der Waals surface area (Å²) in [5.74, 6) is 1.86. The minimum Gasteiger partial charge on any atom is -0.399 e. The van der Waals surface area contributed by atoms with Crippen molar-refractivity contribution in [3.63, 3.8) is 0 Å². The summed E-state index contributed by atoms with van der Waals surface area (Å²) in [6.07, 6.45) is 2.23. The molecule has 0 bridgehead atoms. The van der Waals surface area contributed by atoms with Crippen LogP contribution in [-0.4, -0.2) is 9.97 Å². The van der Waals surface area contributed by atoms with Crippen molar-refractivity contribution in [3.8, 4) is 0 Å². The second kappa shape index (κ2) is 4.76. The van der Waals surface area contributed by atoms with E-state index in [4.69, 9.17) is 5.73 Å². The molecule has 1 aromatic heterocycles. The first kappa shape index (κ1) is 11.8. The highest BCUT2D eigenvalue weighted by atomic mass is 16.1. The Morgan fingerprint density at radius 1 is 1.32 bits per heavy atom. The van der Waals surface area contributed by atoms with Gasteiger partial charge >= 0.3 is 0 Å². The van der Waals surface area contributed by atoms with Crippen molar-refractivity contribution in [1.82, 2.24) is 9.97 Å². The van der Waals surface area contributed by atoms with Crippen LogP contribution in [0.5, 0.6) is 0 Å². The normalized spacial score (nSPS) is 14.3. The molecule has 1 aliphatic carbocycles. The lowest BCUT2D eigenvalue weighted by atomic mass is 10.2. The van der Waals surface area contributed by atoms with E-state index in [-0.39, 0.29) is 5.56 Å². The molecule has 0 radical (unpaired) electrons. The summed E-state index contributed by atoms with van der Waals surface area (Å²) < 4.78 is 0. The largest absolute Gasteiger partial charge is 0.399 e. The molecule has 0 unspecified atom stereocenters. The summed E-state index contributed by atoms with van der Waals surface area (Å²) in [4.78, 5) is 18.8. The van der Waals surface area contributed by atoms with Crippen LogP contribution in [0.25, 0.3) is 0 Å². The van der Waals surface area contributed by atoms with Crippen LogP contribution in [0.1, 0.15) is 30.1 Å². The van der Waals surface area contributed by atoms with E-state index in [1.807, 2.05) is 24.3 Å². The lowest BCUT2D eigenvalue weighted by Crippen LogP contribution is -2.13. The van der Waals surface area contributed by atoms with Gasteiger partial charge in [-0.25, -0.2) is 4.98 Å². The van der Waals surface area contributed by atoms with Crippen LogP contribution in [0.15, 0.2) is 35.1 Å². The third kappa shape index (κ3) is 2.93. The van der Waals surface area contributed by atoms with Crippen LogP contribution in [0.2, 0.25) is 0 Å². The van der Waals surface area contributed by atoms with Crippen molar-refractivity contribution < 1.29 is 0 Å². The molecule has 1 saturated carbocycles. The summed E-state index contributed by atoms with van der Waals surface area (Å²) in [6.45, 7) is 0.626. The second-order valence-electron chi connectivity index (χ2n) is 4.89. The number of aromatic amines is 1. The Hall–Kier alpha value is -2.30. The van der Waals surface area contributed by atoms with E-state index in [0.29, 0.717) is 18.3 Å². The first-order chi connectivity index (χ1) is 9.20. The zero-order valence-corrected chi connectivity index (χ0v) is 10.5. The molecule has 1 aromatic carbocycles. The standard InChI is InChI=1S/C14H16N4O/c15-11-5-1-9(2-6-11)8-16-12-7-13(19)18-14(17-12)10-3-4-10/h1-2,5-7,10H,3-4,8,15H2,(H2,16,17,18,19). The van der Waals surface area contributed by atoms with E-state index in [2.05, 4.69) is 15.3 Å². The Morgan fingerprint density at radius 3 is 2.74 bits per heavy atom. The molecule has 5 nitrogen and oxygen atoms in total. The maximum atomic E-state index is 11.5. The number of H-pyrrole nitrogens is 1. The number of hydrogen-bond donors (Lipinski definition) is 3. The van der Waals surface area contributed by atoms with E-state index in [9.17, 15) is 4.79 Å². The van der Waals surface area contributed by atoms with Gasteiger partial charge in [0.05, 0.1) is 0 Å². The minimum absolute atomic E-state index is 0.100. The third-order valence-corrected chi connectivity index (χ3v) is 3.18. The van der Waals surface area contributed by atoms with Crippen LogP contribution in [-0.2, 0) is 6.54 Å². The van der Waals surface area contributed by atoms with Gasteiger partial charge in [-0.3, -0.25) is 4.79 Å². The molecule has 98 valence electrons. The van der Waals surface area contributed by atoms with E-state index in [1.54, 1.807) is 0 Å². The summed E-state index contributed by atoms with van der Waals surface area (Å²) >= 11 is 0. The van der Waals surface area contributed by atoms with Gasteiger partial charge in [-0.05, 0) is 30.5 Å². The molecule has 3 rings (SSSR count). The molecule has 1 fully saturated rings. The first-order valence-electron chi connectivity index (χ1n) is 6.40. The van der Waals surface area contributed by atoms with Gasteiger partial charge in [0, 0.05) is 24.2 Å². The zero-order chi connectivity index (χ0) is 13.2. The fraction of sp³-hybridized carbons (Fsp3) is 0.286. The van der Waals surface area contributed by atoms with E-state index in [0.717, 1.165) is 29.9 Å². The van der Waals surface area contributed by atoms with Crippen molar-refractivity contribution in [2.24, 2.45) is 0 Å². The monoisotopic (exact) mass is 256 g/mol. The predicted octanol–water partition coefficient (Wildman–Crippen LogP) is 1.84. The number of nitrogens with two attached hydrogens (primary N) is 1. The molecule has 2 aromatic rings. The maximum Gasteiger partial charge on any atom is 0.252 e. The number of anilines is 2. The molecule has 0 atom stereocenters. The Bertz CT molecular complexity index is 629. The zero-order valence-electron chi connectivity index (χ0n) is 10.5. The Balaban J connectivity index is 1.72. The summed E-state index contributed by atoms with van der Waals surface area (Å²) in [5, 5.41) is 3.17. The Labute approximate surface area is 110 Å². The van der Waals surface area contributed by atoms with E-state index >= 15 is 0 Å². The molecule has 4 N–H and O–H groups in total. The second-order valence-corrected chi connectivity index (χ2v) is 4.89. The fourth-order valence-corrected chi connectivity index (χ4v) is 1.95. The molecule has 19 heavy (non-hydrogen) atoms. The minimum atomic E-state index is -0.100. The van der Waals surface area contributed by atoms with Crippen LogP contribution in [0.3, 0.4) is 0 Å². The Morgan fingerprint density at radius 2 is 2.05 bits per heavy atom. The number of rotatable bonds is 4. The van der Waals surface area contributed by atoms with Crippen molar-refractivity contribution in [1.29, 1.82) is 0 Å². The summed E-state index contributed by atoms with van der Waals surface area (Å²) in [6, 6.07) is 9.12. The average molecular weight is 256 g/mol. The number of hydrogen-bond acceptors (Lipinski definition) is 4. The maximum absolute atomic E-state index is 11.5. The molecule has 0 saturated heterocycles. The van der Waals surface area contributed by atoms with Gasteiger partial charge in [-0.2, -0.15) is 0 Å². The van der Waals surface area contributed by atoms with Crippen molar-refractivity contribution in [2.45, 2.75) is 25.3 Å². The SMILES string of the molecule is Nc1ccc(CNc2cc(=O)[nH]c(C3CC3)n2)cc1. The van der Waals surface area contributed by atoms with Gasteiger partial charge in [0.15, 0.2) is 0 Å². The molecule has 5 heteroatoms. The Kier molecular flexibility index (Phi) is 2.95. The van der Waals surface area contributed by atoms with Crippen molar-refractivity contribution in [2.75, 3.05) is 11.1 Å². The summed E-state index contributed by atoms with van der Waals surface area (Å²) in [7, 11) is 0. The highest BCUT2D eigenvalue weighted by Gasteiger charge is 2.26. The van der Waals surface area contributed by atoms with Gasteiger partial charge in [-0.1, -0.05) is 12.1 Å². The number of nitrogens with zero attached hydrogens (tertiary/aromatic N) is 1. The molecular formula is C14H16N4O. The predicted molar refractivity (Wildman–Crippen MR) is 75.0 cm³/mol. The van der Waals surface area contributed by atoms with Gasteiger partial charge in [-0.15, -0.1) is 0 Å². The number of nitrogen functional groups attached to an aromatic ring is 1. The highest BCUT2D eigenvalue weighted by Crippen LogP contribution is 2.37. The van der Waals surface area contributed by atoms with Crippen LogP contribution in [0.4, 0.5) is 11.5 Å². The van der Waals surface area contributed by atoms with Gasteiger partial charge < -0.3 is 16.0 Å². The van der Waals surface area contributed by atoms with E-state index in [1.165, 1.54) is 6.07 Å². The molecular weight excluding hydrogens is 240 g/mol. The molecule has 1 heterocycles. The molecule has 0 spiro atoms.